The second kappa shape index (κ2) is 12.8. The van der Waals surface area contributed by atoms with Crippen LogP contribution in [0.5, 0.6) is 23.0 Å². The third-order valence-electron chi connectivity index (χ3n) is 5.85. The molecule has 1 amide bonds. The van der Waals surface area contributed by atoms with Crippen LogP contribution in [-0.2, 0) is 10.0 Å². The van der Waals surface area contributed by atoms with Crippen molar-refractivity contribution in [2.24, 2.45) is 0 Å². The van der Waals surface area contributed by atoms with Crippen molar-refractivity contribution < 1.29 is 22.7 Å². The number of anilines is 2. The monoisotopic (exact) mass is 638 g/mol. The Morgan fingerprint density at radius 3 is 1.71 bits per heavy atom. The maximum atomic E-state index is 13.2. The summed E-state index contributed by atoms with van der Waals surface area (Å²) < 4.78 is 40.4. The summed E-state index contributed by atoms with van der Waals surface area (Å²) in [7, 11) is -4.07. The largest absolute Gasteiger partial charge is 0.456 e. The van der Waals surface area contributed by atoms with Crippen LogP contribution < -0.4 is 19.5 Å². The number of para-hydroxylation sites is 2. The Morgan fingerprint density at radius 1 is 0.643 bits per heavy atom. The number of amides is 1. The molecule has 11 heteroatoms. The molecule has 7 nitrogen and oxygen atoms in total. The fraction of sp³-hybridized carbons (Fsp3) is 0. The number of nitrogens with one attached hydrogen (secondary N) is 2. The highest BCUT2D eigenvalue weighted by Gasteiger charge is 2.20. The van der Waals surface area contributed by atoms with E-state index in [0.717, 1.165) is 0 Å². The van der Waals surface area contributed by atoms with Gasteiger partial charge < -0.3 is 14.8 Å². The maximum absolute atomic E-state index is 13.2. The Balaban J connectivity index is 1.29. The van der Waals surface area contributed by atoms with Crippen LogP contribution in [0.25, 0.3) is 0 Å². The number of benzene rings is 5. The number of halogens is 3. The molecule has 0 unspecified atom stereocenters. The number of hydrogen-bond donors (Lipinski definition) is 2. The fourth-order valence-electron chi connectivity index (χ4n) is 3.80. The molecule has 0 saturated heterocycles. The molecule has 0 aromatic heterocycles. The lowest BCUT2D eigenvalue weighted by molar-refractivity contribution is 0.102. The molecule has 5 aromatic carbocycles. The summed E-state index contributed by atoms with van der Waals surface area (Å²) in [5.41, 5.74) is 0.530. The second-order valence-corrected chi connectivity index (χ2v) is 11.7. The zero-order valence-electron chi connectivity index (χ0n) is 21.6. The molecule has 0 heterocycles. The zero-order valence-corrected chi connectivity index (χ0v) is 24.6. The standard InChI is InChI=1S/C31H21Cl3N2O5S/c32-20-9-18-28(36-42(38,39)24-16-14-23(15-17-24)41-30-8-4-2-6-27(30)34)25(19-20)31(37)35-21-10-12-22(13-11-21)40-29-7-3-1-5-26(29)33/h1-19,36H,(H,35,37). The highest BCUT2D eigenvalue weighted by atomic mass is 35.5. The first-order chi connectivity index (χ1) is 20.2. The molecule has 42 heavy (non-hydrogen) atoms. The van der Waals surface area contributed by atoms with E-state index in [4.69, 9.17) is 44.3 Å². The van der Waals surface area contributed by atoms with Crippen molar-refractivity contribution in [1.82, 2.24) is 0 Å². The highest BCUT2D eigenvalue weighted by Crippen LogP contribution is 2.32. The van der Waals surface area contributed by atoms with E-state index in [-0.39, 0.29) is 21.2 Å². The van der Waals surface area contributed by atoms with Crippen LogP contribution in [0.15, 0.2) is 120 Å². The average molecular weight is 640 g/mol. The minimum atomic E-state index is -4.07. The van der Waals surface area contributed by atoms with Gasteiger partial charge in [-0.3, -0.25) is 9.52 Å². The van der Waals surface area contributed by atoms with Crippen molar-refractivity contribution in [1.29, 1.82) is 0 Å². The summed E-state index contributed by atoms with van der Waals surface area (Å²) in [6.45, 7) is 0. The van der Waals surface area contributed by atoms with E-state index in [1.54, 1.807) is 72.8 Å². The van der Waals surface area contributed by atoms with Gasteiger partial charge in [0.25, 0.3) is 15.9 Å². The average Bonchev–Trinajstić information content (AvgIpc) is 2.97. The lowest BCUT2D eigenvalue weighted by Crippen LogP contribution is -2.18. The molecule has 0 fully saturated rings. The van der Waals surface area contributed by atoms with Crippen molar-refractivity contribution in [2.75, 3.05) is 10.0 Å². The molecule has 0 atom stereocenters. The van der Waals surface area contributed by atoms with E-state index in [1.165, 1.54) is 42.5 Å². The first-order valence-electron chi connectivity index (χ1n) is 12.4. The summed E-state index contributed by atoms with van der Waals surface area (Å²) >= 11 is 18.4. The van der Waals surface area contributed by atoms with E-state index in [0.29, 0.717) is 38.7 Å². The van der Waals surface area contributed by atoms with Crippen LogP contribution in [0.2, 0.25) is 15.1 Å². The van der Waals surface area contributed by atoms with E-state index in [2.05, 4.69) is 10.0 Å². The zero-order chi connectivity index (χ0) is 29.7. The van der Waals surface area contributed by atoms with Crippen LogP contribution in [0, 0.1) is 0 Å². The Morgan fingerprint density at radius 2 is 1.17 bits per heavy atom. The summed E-state index contributed by atoms with van der Waals surface area (Å²) in [5, 5.41) is 3.89. The molecule has 2 N–H and O–H groups in total. The molecule has 212 valence electrons. The van der Waals surface area contributed by atoms with Gasteiger partial charge in [-0.15, -0.1) is 0 Å². The minimum Gasteiger partial charge on any atom is -0.456 e. The van der Waals surface area contributed by atoms with E-state index < -0.39 is 15.9 Å². The van der Waals surface area contributed by atoms with Gasteiger partial charge in [-0.1, -0.05) is 59.1 Å². The first kappa shape index (κ1) is 29.3. The molecule has 0 radical (unpaired) electrons. The third kappa shape index (κ3) is 7.16. The summed E-state index contributed by atoms with van der Waals surface area (Å²) in [5.74, 6) is 1.28. The minimum absolute atomic E-state index is 0.0288. The van der Waals surface area contributed by atoms with Crippen LogP contribution >= 0.6 is 34.8 Å². The number of ether oxygens (including phenoxy) is 2. The molecule has 0 aliphatic carbocycles. The molecular weight excluding hydrogens is 619 g/mol. The molecule has 5 rings (SSSR count). The van der Waals surface area contributed by atoms with Gasteiger partial charge in [0.15, 0.2) is 0 Å². The Hall–Kier alpha value is -4.21. The molecule has 0 spiro atoms. The Labute approximate surface area is 257 Å². The molecule has 0 saturated carbocycles. The predicted molar refractivity (Wildman–Crippen MR) is 166 cm³/mol. The normalized spacial score (nSPS) is 11.0. The quantitative estimate of drug-likeness (QED) is 0.168. The van der Waals surface area contributed by atoms with E-state index >= 15 is 0 Å². The fourth-order valence-corrected chi connectivity index (χ4v) is 5.40. The van der Waals surface area contributed by atoms with Crippen LogP contribution in [-0.4, -0.2) is 14.3 Å². The van der Waals surface area contributed by atoms with Crippen molar-refractivity contribution in [3.63, 3.8) is 0 Å². The van der Waals surface area contributed by atoms with Crippen LogP contribution in [0.1, 0.15) is 10.4 Å². The van der Waals surface area contributed by atoms with Crippen LogP contribution in [0.3, 0.4) is 0 Å². The van der Waals surface area contributed by atoms with Crippen LogP contribution in [0.4, 0.5) is 11.4 Å². The van der Waals surface area contributed by atoms with Crippen molar-refractivity contribution in [3.8, 4) is 23.0 Å². The Bertz CT molecular complexity index is 1850. The van der Waals surface area contributed by atoms with Crippen molar-refractivity contribution in [2.45, 2.75) is 4.90 Å². The van der Waals surface area contributed by atoms with Gasteiger partial charge in [0.2, 0.25) is 0 Å². The van der Waals surface area contributed by atoms with E-state index in [1.807, 2.05) is 0 Å². The SMILES string of the molecule is O=C(Nc1ccc(Oc2ccccc2Cl)cc1)c1cc(Cl)ccc1NS(=O)(=O)c1ccc(Oc2ccccc2Cl)cc1. The number of carbonyl (C=O) groups is 1. The first-order valence-corrected chi connectivity index (χ1v) is 15.0. The summed E-state index contributed by atoms with van der Waals surface area (Å²) in [6, 6.07) is 30.7. The number of carbonyl (C=O) groups excluding carboxylic acids is 1. The summed E-state index contributed by atoms with van der Waals surface area (Å²) in [6.07, 6.45) is 0. The summed E-state index contributed by atoms with van der Waals surface area (Å²) in [4.78, 5) is 13.2. The number of rotatable bonds is 9. The highest BCUT2D eigenvalue weighted by molar-refractivity contribution is 7.92. The van der Waals surface area contributed by atoms with Gasteiger partial charge >= 0.3 is 0 Å². The molecule has 0 aliphatic heterocycles. The van der Waals surface area contributed by atoms with Crippen molar-refractivity contribution in [3.05, 3.63) is 136 Å². The molecule has 0 bridgehead atoms. The van der Waals surface area contributed by atoms with Gasteiger partial charge in [-0.25, -0.2) is 8.42 Å². The third-order valence-corrected chi connectivity index (χ3v) is 8.09. The number of sulfonamides is 1. The van der Waals surface area contributed by atoms with Gasteiger partial charge in [0.1, 0.15) is 23.0 Å². The van der Waals surface area contributed by atoms with Gasteiger partial charge in [-0.2, -0.15) is 0 Å². The molecule has 0 aliphatic rings. The smallest absolute Gasteiger partial charge is 0.261 e. The lowest BCUT2D eigenvalue weighted by atomic mass is 10.1. The van der Waals surface area contributed by atoms with E-state index in [9.17, 15) is 13.2 Å². The molecular formula is C31H21Cl3N2O5S. The van der Waals surface area contributed by atoms with Gasteiger partial charge in [0, 0.05) is 10.7 Å². The molecule has 5 aromatic rings. The maximum Gasteiger partial charge on any atom is 0.261 e. The Kier molecular flexibility index (Phi) is 8.89. The number of hydrogen-bond acceptors (Lipinski definition) is 5. The topological polar surface area (TPSA) is 93.7 Å². The lowest BCUT2D eigenvalue weighted by Gasteiger charge is -2.14. The second-order valence-electron chi connectivity index (χ2n) is 8.81. The predicted octanol–water partition coefficient (Wildman–Crippen LogP) is 9.28. The van der Waals surface area contributed by atoms with Crippen molar-refractivity contribution >= 4 is 62.1 Å². The van der Waals surface area contributed by atoms with Gasteiger partial charge in [-0.05, 0) is 91.0 Å². The van der Waals surface area contributed by atoms with Gasteiger partial charge in [0.05, 0.1) is 26.2 Å².